The van der Waals surface area contributed by atoms with Gasteiger partial charge in [0.25, 0.3) is 0 Å². The number of aromatic nitrogens is 1. The molecule has 0 aromatic carbocycles. The standard InChI is InChI=1S/C13H20N4O4.CH3F/c14-17-16-4-5-18-6-7-19-8-9-20-10-11-21-13-2-1-3-15-12-13;1-2/h1-3,12H,4-11H2;1H3/i;2-1. The van der Waals surface area contributed by atoms with Crippen LogP contribution in [-0.2, 0) is 14.2 Å². The summed E-state index contributed by atoms with van der Waals surface area (Å²) in [5.41, 5.74) is 8.04. The normalized spacial score (nSPS) is 9.48. The topological polar surface area (TPSA) is 98.6 Å². The van der Waals surface area contributed by atoms with Crippen LogP contribution in [0.5, 0.6) is 5.75 Å². The van der Waals surface area contributed by atoms with Crippen molar-refractivity contribution in [3.8, 4) is 5.75 Å². The zero-order valence-corrected chi connectivity index (χ0v) is 13.3. The van der Waals surface area contributed by atoms with E-state index in [1.165, 1.54) is 0 Å². The molecule has 1 aromatic rings. The number of hydrogen-bond donors (Lipinski definition) is 0. The summed E-state index contributed by atoms with van der Waals surface area (Å²) in [7, 11) is 0.500. The summed E-state index contributed by atoms with van der Waals surface area (Å²) < 4.78 is 30.7. The number of rotatable bonds is 13. The molecule has 0 atom stereocenters. The van der Waals surface area contributed by atoms with Gasteiger partial charge in [-0.2, -0.15) is 0 Å². The maximum atomic E-state index is 9.50. The molecule has 0 unspecified atom stereocenters. The van der Waals surface area contributed by atoms with Gasteiger partial charge >= 0.3 is 0 Å². The second kappa shape index (κ2) is 18.1. The average Bonchev–Trinajstić information content (AvgIpc) is 2.61. The third-order valence-corrected chi connectivity index (χ3v) is 2.27. The Hall–Kier alpha value is -1.93. The van der Waals surface area contributed by atoms with Gasteiger partial charge in [0.15, 0.2) is 0 Å². The second-order valence-electron chi connectivity index (χ2n) is 3.83. The van der Waals surface area contributed by atoms with Gasteiger partial charge in [-0.15, -0.1) is 0 Å². The van der Waals surface area contributed by atoms with Gasteiger partial charge in [0.05, 0.1) is 53.0 Å². The summed E-state index contributed by atoms with van der Waals surface area (Å²) in [6, 6.07) is 3.66. The third-order valence-electron chi connectivity index (χ3n) is 2.27. The first-order valence-corrected chi connectivity index (χ1v) is 7.08. The van der Waals surface area contributed by atoms with Crippen LogP contribution < -0.4 is 4.74 Å². The maximum absolute atomic E-state index is 9.50. The molecule has 0 aliphatic rings. The van der Waals surface area contributed by atoms with Crippen molar-refractivity contribution in [3.05, 3.63) is 35.0 Å². The van der Waals surface area contributed by atoms with Crippen LogP contribution in [0.25, 0.3) is 10.4 Å². The van der Waals surface area contributed by atoms with Crippen molar-refractivity contribution in [2.45, 2.75) is 0 Å². The van der Waals surface area contributed by atoms with Gasteiger partial charge in [-0.25, -0.2) is 0 Å². The van der Waals surface area contributed by atoms with Crippen LogP contribution in [0, 0.1) is 0 Å². The molecule has 0 amide bonds. The van der Waals surface area contributed by atoms with Gasteiger partial charge in [0, 0.05) is 17.7 Å². The fourth-order valence-corrected chi connectivity index (χ4v) is 1.34. The molecular weight excluding hydrogens is 306 g/mol. The molecule has 1 aromatic heterocycles. The minimum Gasteiger partial charge on any atom is -0.490 e. The van der Waals surface area contributed by atoms with Crippen LogP contribution in [-0.4, -0.2) is 65.0 Å². The fraction of sp³-hybridized carbons (Fsp3) is 0.643. The minimum absolute atomic E-state index is 0.344. The Labute approximate surface area is 135 Å². The Balaban J connectivity index is 0.00000232. The van der Waals surface area contributed by atoms with Crippen molar-refractivity contribution >= 4 is 0 Å². The van der Waals surface area contributed by atoms with Crippen molar-refractivity contribution in [2.24, 2.45) is 5.11 Å². The van der Waals surface area contributed by atoms with Gasteiger partial charge < -0.3 is 18.9 Å². The van der Waals surface area contributed by atoms with E-state index < -0.39 is 0 Å². The third kappa shape index (κ3) is 14.8. The molecule has 0 saturated carbocycles. The van der Waals surface area contributed by atoms with Gasteiger partial charge in [-0.3, -0.25) is 9.37 Å². The van der Waals surface area contributed by atoms with E-state index in [0.717, 1.165) is 5.75 Å². The molecule has 9 heteroatoms. The molecule has 0 saturated heterocycles. The number of alkyl halides is 1. The van der Waals surface area contributed by atoms with Crippen LogP contribution in [0.1, 0.15) is 0 Å². The predicted molar refractivity (Wildman–Crippen MR) is 83.2 cm³/mol. The van der Waals surface area contributed by atoms with E-state index in [9.17, 15) is 4.39 Å². The first-order chi connectivity index (χ1) is 11.4. The van der Waals surface area contributed by atoms with Crippen LogP contribution in [0.3, 0.4) is 0 Å². The number of azide groups is 1. The lowest BCUT2D eigenvalue weighted by atomic mass is 10.5. The van der Waals surface area contributed by atoms with E-state index in [1.54, 1.807) is 12.4 Å². The van der Waals surface area contributed by atoms with Crippen molar-refractivity contribution in [1.82, 2.24) is 4.98 Å². The fourth-order valence-electron chi connectivity index (χ4n) is 1.34. The molecule has 0 bridgehead atoms. The summed E-state index contributed by atoms with van der Waals surface area (Å²) in [5, 5.41) is 3.35. The molecule has 0 radical (unpaired) electrons. The summed E-state index contributed by atoms with van der Waals surface area (Å²) >= 11 is 0. The number of pyridine rings is 1. The van der Waals surface area contributed by atoms with Crippen molar-refractivity contribution in [2.75, 3.05) is 60.0 Å². The highest BCUT2D eigenvalue weighted by Gasteiger charge is 1.94. The quantitative estimate of drug-likeness (QED) is 0.239. The lowest BCUT2D eigenvalue weighted by molar-refractivity contribution is 0.0106. The Kier molecular flexibility index (Phi) is 16.6. The van der Waals surface area contributed by atoms with E-state index >= 15 is 0 Å². The van der Waals surface area contributed by atoms with E-state index in [1.807, 2.05) is 12.1 Å². The summed E-state index contributed by atoms with van der Waals surface area (Å²) in [6.07, 6.45) is 3.35. The Morgan fingerprint density at radius 3 is 2.22 bits per heavy atom. The number of ether oxygens (including phenoxy) is 4. The Bertz CT molecular complexity index is 405. The van der Waals surface area contributed by atoms with E-state index in [0.29, 0.717) is 60.0 Å². The SMILES string of the molecule is C[18F].[N-]=[N+]=NCCOCCOCCOCCOc1cccnc1. The number of halogens is 1. The predicted octanol–water partition coefficient (Wildman–Crippen LogP) is 2.41. The van der Waals surface area contributed by atoms with Gasteiger partial charge in [0.1, 0.15) is 12.4 Å². The Morgan fingerprint density at radius 2 is 1.65 bits per heavy atom. The Morgan fingerprint density at radius 1 is 1.04 bits per heavy atom. The molecule has 0 aliphatic heterocycles. The molecule has 8 nitrogen and oxygen atoms in total. The highest BCUT2D eigenvalue weighted by Crippen LogP contribution is 2.05. The monoisotopic (exact) mass is 329 g/mol. The van der Waals surface area contributed by atoms with Gasteiger partial charge in [0.2, 0.25) is 0 Å². The number of hydrogen-bond acceptors (Lipinski definition) is 6. The molecule has 0 spiro atoms. The molecule has 1 rings (SSSR count). The lowest BCUT2D eigenvalue weighted by Crippen LogP contribution is -2.13. The molecule has 23 heavy (non-hydrogen) atoms. The van der Waals surface area contributed by atoms with E-state index in [-0.39, 0.29) is 0 Å². The smallest absolute Gasteiger partial charge is 0.137 e. The van der Waals surface area contributed by atoms with Gasteiger partial charge in [-0.05, 0) is 17.7 Å². The molecule has 0 N–H and O–H groups in total. The van der Waals surface area contributed by atoms with Crippen LogP contribution in [0.15, 0.2) is 29.6 Å². The first kappa shape index (κ1) is 21.1. The zero-order chi connectivity index (χ0) is 17.0. The van der Waals surface area contributed by atoms with Crippen LogP contribution >= 0.6 is 0 Å². The highest BCUT2D eigenvalue weighted by atomic mass is 18.2. The molecule has 1 heterocycles. The molecule has 0 aliphatic carbocycles. The van der Waals surface area contributed by atoms with Gasteiger partial charge in [-0.1, -0.05) is 5.11 Å². The molecular formula is C14H23FN4O4. The summed E-state index contributed by atoms with van der Waals surface area (Å²) in [5.74, 6) is 0.732. The second-order valence-corrected chi connectivity index (χ2v) is 3.83. The minimum atomic E-state index is 0.344. The first-order valence-electron chi connectivity index (χ1n) is 7.08. The van der Waals surface area contributed by atoms with Crippen molar-refractivity contribution in [3.63, 3.8) is 0 Å². The summed E-state index contributed by atoms with van der Waals surface area (Å²) in [6.45, 7) is 3.72. The number of nitrogens with zero attached hydrogens (tertiary/aromatic N) is 4. The van der Waals surface area contributed by atoms with Crippen molar-refractivity contribution < 1.29 is 23.3 Å². The summed E-state index contributed by atoms with van der Waals surface area (Å²) in [4.78, 5) is 6.57. The van der Waals surface area contributed by atoms with E-state index in [2.05, 4.69) is 15.0 Å². The molecule has 130 valence electrons. The average molecular weight is 329 g/mol. The zero-order valence-electron chi connectivity index (χ0n) is 13.3. The maximum Gasteiger partial charge on any atom is 0.137 e. The largest absolute Gasteiger partial charge is 0.490 e. The molecule has 0 fully saturated rings. The van der Waals surface area contributed by atoms with Crippen LogP contribution in [0.4, 0.5) is 4.39 Å². The van der Waals surface area contributed by atoms with E-state index in [4.69, 9.17) is 24.5 Å². The lowest BCUT2D eigenvalue weighted by Gasteiger charge is -2.07. The highest BCUT2D eigenvalue weighted by molar-refractivity contribution is 5.15. The van der Waals surface area contributed by atoms with Crippen molar-refractivity contribution in [1.29, 1.82) is 0 Å². The van der Waals surface area contributed by atoms with Crippen LogP contribution in [0.2, 0.25) is 0 Å².